The second-order valence-corrected chi connectivity index (χ2v) is 2.89. The highest BCUT2D eigenvalue weighted by molar-refractivity contribution is 4.96. The number of nitro groups is 1. The van der Waals surface area contributed by atoms with Crippen molar-refractivity contribution in [1.82, 2.24) is 0 Å². The highest BCUT2D eigenvalue weighted by atomic mass is 16.6. The van der Waals surface area contributed by atoms with Crippen LogP contribution < -0.4 is 0 Å². The normalized spacial score (nSPS) is 24.4. The fourth-order valence-electron chi connectivity index (χ4n) is 1.26. The van der Waals surface area contributed by atoms with Gasteiger partial charge in [0.05, 0.1) is 11.5 Å². The molecular formula is C8H13NO3. The Morgan fingerprint density at radius 1 is 1.83 bits per heavy atom. The average molecular weight is 171 g/mol. The van der Waals surface area contributed by atoms with Crippen molar-refractivity contribution in [3.8, 4) is 0 Å². The first-order valence-corrected chi connectivity index (χ1v) is 4.17. The third kappa shape index (κ3) is 2.30. The van der Waals surface area contributed by atoms with E-state index in [1.807, 2.05) is 0 Å². The molecule has 12 heavy (non-hydrogen) atoms. The predicted octanol–water partition coefficient (Wildman–Crippen LogP) is 1.59. The molecule has 1 saturated heterocycles. The van der Waals surface area contributed by atoms with Crippen LogP contribution in [-0.4, -0.2) is 18.1 Å². The van der Waals surface area contributed by atoms with Gasteiger partial charge in [0, 0.05) is 18.9 Å². The number of hydrogen-bond acceptors (Lipinski definition) is 3. The molecule has 0 amide bonds. The Labute approximate surface area is 71.4 Å². The molecule has 1 fully saturated rings. The lowest BCUT2D eigenvalue weighted by atomic mass is 10.1. The smallest absolute Gasteiger partial charge is 0.242 e. The molecule has 4 nitrogen and oxygen atoms in total. The molecule has 0 aromatic rings. The molecule has 1 rings (SSSR count). The maximum atomic E-state index is 10.4. The van der Waals surface area contributed by atoms with Crippen LogP contribution in [0, 0.1) is 16.0 Å². The summed E-state index contributed by atoms with van der Waals surface area (Å²) in [7, 11) is 0. The van der Waals surface area contributed by atoms with Crippen molar-refractivity contribution in [3.05, 3.63) is 21.9 Å². The van der Waals surface area contributed by atoms with E-state index >= 15 is 0 Å². The second-order valence-electron chi connectivity index (χ2n) is 2.89. The molecule has 1 aliphatic heterocycles. The van der Waals surface area contributed by atoms with Crippen molar-refractivity contribution < 1.29 is 9.66 Å². The molecule has 0 radical (unpaired) electrons. The Hall–Kier alpha value is -0.900. The fourth-order valence-corrected chi connectivity index (χ4v) is 1.26. The van der Waals surface area contributed by atoms with Crippen molar-refractivity contribution >= 4 is 0 Å². The topological polar surface area (TPSA) is 52.4 Å². The summed E-state index contributed by atoms with van der Waals surface area (Å²) in [6.45, 7) is 3.16. The van der Waals surface area contributed by atoms with E-state index in [0.717, 1.165) is 13.0 Å². The number of hydrogen-bond donors (Lipinski definition) is 0. The summed E-state index contributed by atoms with van der Waals surface area (Å²) in [5.41, 5.74) is 0.311. The third-order valence-electron chi connectivity index (χ3n) is 1.99. The van der Waals surface area contributed by atoms with Gasteiger partial charge in [0.25, 0.3) is 0 Å². The Bertz CT molecular complexity index is 194. The molecule has 0 N–H and O–H groups in total. The standard InChI is InChI=1S/C8H13NO3/c1-2-8(9(10)11)5-7-3-4-12-6-7/h5,7H,2-4,6H2,1H3. The SMILES string of the molecule is CCC(=CC1CCOC1)[N+](=O)[O-]. The maximum absolute atomic E-state index is 10.4. The summed E-state index contributed by atoms with van der Waals surface area (Å²) in [5.74, 6) is 0.255. The van der Waals surface area contributed by atoms with Crippen LogP contribution in [0.1, 0.15) is 19.8 Å². The Morgan fingerprint density at radius 2 is 2.58 bits per heavy atom. The molecule has 1 heterocycles. The molecule has 0 spiro atoms. The van der Waals surface area contributed by atoms with E-state index in [-0.39, 0.29) is 10.8 Å². The summed E-state index contributed by atoms with van der Waals surface area (Å²) in [4.78, 5) is 10.1. The van der Waals surface area contributed by atoms with E-state index in [4.69, 9.17) is 4.74 Å². The van der Waals surface area contributed by atoms with Crippen LogP contribution in [0.25, 0.3) is 0 Å². The van der Waals surface area contributed by atoms with Gasteiger partial charge < -0.3 is 4.74 Å². The molecule has 0 bridgehead atoms. The van der Waals surface area contributed by atoms with Crippen LogP contribution in [0.15, 0.2) is 11.8 Å². The van der Waals surface area contributed by atoms with E-state index in [1.54, 1.807) is 13.0 Å². The molecule has 1 aliphatic rings. The highest BCUT2D eigenvalue weighted by Crippen LogP contribution is 2.16. The Kier molecular flexibility index (Phi) is 3.22. The lowest BCUT2D eigenvalue weighted by Gasteiger charge is -1.99. The van der Waals surface area contributed by atoms with Crippen LogP contribution >= 0.6 is 0 Å². The first-order valence-electron chi connectivity index (χ1n) is 4.17. The molecule has 1 unspecified atom stereocenters. The molecule has 0 saturated carbocycles. The predicted molar refractivity (Wildman–Crippen MR) is 44.3 cm³/mol. The zero-order chi connectivity index (χ0) is 8.97. The summed E-state index contributed by atoms with van der Waals surface area (Å²) >= 11 is 0. The zero-order valence-corrected chi connectivity index (χ0v) is 7.16. The van der Waals surface area contributed by atoms with Gasteiger partial charge in [-0.2, -0.15) is 0 Å². The van der Waals surface area contributed by atoms with Gasteiger partial charge in [-0.3, -0.25) is 10.1 Å². The van der Waals surface area contributed by atoms with Crippen LogP contribution in [0.5, 0.6) is 0 Å². The minimum Gasteiger partial charge on any atom is -0.381 e. The third-order valence-corrected chi connectivity index (χ3v) is 1.99. The number of nitrogens with zero attached hydrogens (tertiary/aromatic N) is 1. The lowest BCUT2D eigenvalue weighted by molar-refractivity contribution is -0.428. The summed E-state index contributed by atoms with van der Waals surface area (Å²) < 4.78 is 5.12. The van der Waals surface area contributed by atoms with E-state index in [1.165, 1.54) is 0 Å². The highest BCUT2D eigenvalue weighted by Gasteiger charge is 2.17. The van der Waals surface area contributed by atoms with Gasteiger partial charge in [0.1, 0.15) is 0 Å². The van der Waals surface area contributed by atoms with Crippen molar-refractivity contribution in [1.29, 1.82) is 0 Å². The summed E-state index contributed by atoms with van der Waals surface area (Å²) in [6.07, 6.45) is 3.13. The largest absolute Gasteiger partial charge is 0.381 e. The van der Waals surface area contributed by atoms with Gasteiger partial charge in [-0.1, -0.05) is 6.92 Å². The minimum absolute atomic E-state index is 0.255. The molecule has 1 atom stereocenters. The van der Waals surface area contributed by atoms with E-state index in [9.17, 15) is 10.1 Å². The first-order chi connectivity index (χ1) is 5.74. The molecule has 0 aromatic carbocycles. The maximum Gasteiger partial charge on any atom is 0.242 e. The van der Waals surface area contributed by atoms with Crippen LogP contribution in [0.2, 0.25) is 0 Å². The molecule has 68 valence electrons. The lowest BCUT2D eigenvalue weighted by Crippen LogP contribution is -2.02. The average Bonchev–Trinajstić information content (AvgIpc) is 2.51. The van der Waals surface area contributed by atoms with Gasteiger partial charge in [-0.05, 0) is 12.5 Å². The molecular weight excluding hydrogens is 158 g/mol. The quantitative estimate of drug-likeness (QED) is 0.478. The van der Waals surface area contributed by atoms with Gasteiger partial charge in [0.15, 0.2) is 0 Å². The molecule has 4 heteroatoms. The van der Waals surface area contributed by atoms with Gasteiger partial charge in [-0.15, -0.1) is 0 Å². The van der Waals surface area contributed by atoms with Crippen LogP contribution in [0.3, 0.4) is 0 Å². The minimum atomic E-state index is -0.307. The molecule has 0 aliphatic carbocycles. The number of ether oxygens (including phenoxy) is 1. The Balaban J connectivity index is 2.56. The number of rotatable bonds is 3. The summed E-state index contributed by atoms with van der Waals surface area (Å²) in [6, 6.07) is 0. The van der Waals surface area contributed by atoms with Gasteiger partial charge in [-0.25, -0.2) is 0 Å². The first kappa shape index (κ1) is 9.19. The summed E-state index contributed by atoms with van der Waals surface area (Å²) in [5, 5.41) is 10.4. The van der Waals surface area contributed by atoms with E-state index < -0.39 is 0 Å². The zero-order valence-electron chi connectivity index (χ0n) is 7.16. The van der Waals surface area contributed by atoms with Crippen molar-refractivity contribution in [2.24, 2.45) is 5.92 Å². The fraction of sp³-hybridized carbons (Fsp3) is 0.750. The van der Waals surface area contributed by atoms with Crippen LogP contribution in [-0.2, 0) is 4.74 Å². The van der Waals surface area contributed by atoms with Crippen molar-refractivity contribution in [2.75, 3.05) is 13.2 Å². The second kappa shape index (κ2) is 4.21. The Morgan fingerprint density at radius 3 is 3.00 bits per heavy atom. The molecule has 0 aromatic heterocycles. The number of allylic oxidation sites excluding steroid dienone is 1. The van der Waals surface area contributed by atoms with E-state index in [0.29, 0.717) is 18.7 Å². The van der Waals surface area contributed by atoms with Gasteiger partial charge >= 0.3 is 0 Å². The monoisotopic (exact) mass is 171 g/mol. The van der Waals surface area contributed by atoms with Crippen molar-refractivity contribution in [2.45, 2.75) is 19.8 Å². The van der Waals surface area contributed by atoms with Crippen molar-refractivity contribution in [3.63, 3.8) is 0 Å². The van der Waals surface area contributed by atoms with Gasteiger partial charge in [0.2, 0.25) is 5.70 Å². The van der Waals surface area contributed by atoms with E-state index in [2.05, 4.69) is 0 Å². The van der Waals surface area contributed by atoms with Crippen LogP contribution in [0.4, 0.5) is 0 Å².